The second-order valence-electron chi connectivity index (χ2n) is 3.98. The standard InChI is InChI=1S/C14H13N3S/c1-7-16-17(8-1)14-4-2-13(3-5-14)15-10-12-6-9-18-11-12/h1-9,11,15H,10H2. The Labute approximate surface area is 110 Å². The number of hydrogen-bond donors (Lipinski definition) is 1. The van der Waals surface area contributed by atoms with Gasteiger partial charge in [0.05, 0.1) is 5.69 Å². The molecule has 0 aliphatic heterocycles. The van der Waals surface area contributed by atoms with E-state index >= 15 is 0 Å². The predicted octanol–water partition coefficient (Wildman–Crippen LogP) is 3.55. The second-order valence-corrected chi connectivity index (χ2v) is 4.76. The summed E-state index contributed by atoms with van der Waals surface area (Å²) in [5, 5.41) is 11.8. The normalized spacial score (nSPS) is 10.4. The summed E-state index contributed by atoms with van der Waals surface area (Å²) in [4.78, 5) is 0. The van der Waals surface area contributed by atoms with E-state index < -0.39 is 0 Å². The van der Waals surface area contributed by atoms with Crippen LogP contribution in [0.2, 0.25) is 0 Å². The van der Waals surface area contributed by atoms with E-state index in [0.717, 1.165) is 17.9 Å². The van der Waals surface area contributed by atoms with Crippen molar-refractivity contribution in [2.45, 2.75) is 6.54 Å². The Bertz CT molecular complexity index is 583. The van der Waals surface area contributed by atoms with Gasteiger partial charge in [-0.25, -0.2) is 4.68 Å². The quantitative estimate of drug-likeness (QED) is 0.772. The molecule has 0 spiro atoms. The van der Waals surface area contributed by atoms with Crippen molar-refractivity contribution in [2.24, 2.45) is 0 Å². The molecule has 2 heterocycles. The molecule has 0 unspecified atom stereocenters. The molecule has 0 saturated carbocycles. The Morgan fingerprint density at radius 2 is 2.06 bits per heavy atom. The lowest BCUT2D eigenvalue weighted by Gasteiger charge is -2.06. The molecule has 1 aromatic carbocycles. The molecule has 0 atom stereocenters. The van der Waals surface area contributed by atoms with E-state index in [2.05, 4.69) is 51.5 Å². The van der Waals surface area contributed by atoms with Crippen LogP contribution < -0.4 is 5.32 Å². The molecule has 0 bridgehead atoms. The van der Waals surface area contributed by atoms with Crippen LogP contribution in [0.5, 0.6) is 0 Å². The molecule has 0 aliphatic carbocycles. The fraction of sp³-hybridized carbons (Fsp3) is 0.0714. The number of thiophene rings is 1. The van der Waals surface area contributed by atoms with Gasteiger partial charge in [0.15, 0.2) is 0 Å². The van der Waals surface area contributed by atoms with Gasteiger partial charge < -0.3 is 5.32 Å². The van der Waals surface area contributed by atoms with Crippen molar-refractivity contribution in [2.75, 3.05) is 5.32 Å². The number of hydrogen-bond acceptors (Lipinski definition) is 3. The van der Waals surface area contributed by atoms with E-state index in [-0.39, 0.29) is 0 Å². The van der Waals surface area contributed by atoms with Crippen molar-refractivity contribution < 1.29 is 0 Å². The molecule has 4 heteroatoms. The summed E-state index contributed by atoms with van der Waals surface area (Å²) >= 11 is 1.72. The van der Waals surface area contributed by atoms with Gasteiger partial charge in [-0.05, 0) is 52.7 Å². The largest absolute Gasteiger partial charge is 0.381 e. The summed E-state index contributed by atoms with van der Waals surface area (Å²) in [6.45, 7) is 0.866. The second kappa shape index (κ2) is 5.06. The van der Waals surface area contributed by atoms with Crippen molar-refractivity contribution in [3.05, 3.63) is 65.1 Å². The zero-order valence-corrected chi connectivity index (χ0v) is 10.6. The van der Waals surface area contributed by atoms with Gasteiger partial charge in [0, 0.05) is 24.6 Å². The molecule has 2 aromatic heterocycles. The summed E-state index contributed by atoms with van der Waals surface area (Å²) in [7, 11) is 0. The molecular weight excluding hydrogens is 242 g/mol. The highest BCUT2D eigenvalue weighted by atomic mass is 32.1. The average molecular weight is 255 g/mol. The third-order valence-electron chi connectivity index (χ3n) is 2.71. The van der Waals surface area contributed by atoms with Gasteiger partial charge in [0.2, 0.25) is 0 Å². The first kappa shape index (κ1) is 11.0. The topological polar surface area (TPSA) is 29.9 Å². The molecule has 3 nitrogen and oxygen atoms in total. The van der Waals surface area contributed by atoms with Crippen molar-refractivity contribution in [3.63, 3.8) is 0 Å². The van der Waals surface area contributed by atoms with Crippen LogP contribution in [0.1, 0.15) is 5.56 Å². The summed E-state index contributed by atoms with van der Waals surface area (Å²) in [6.07, 6.45) is 3.72. The monoisotopic (exact) mass is 255 g/mol. The van der Waals surface area contributed by atoms with Crippen LogP contribution in [0, 0.1) is 0 Å². The minimum Gasteiger partial charge on any atom is -0.381 e. The fourth-order valence-electron chi connectivity index (χ4n) is 1.75. The number of nitrogens with zero attached hydrogens (tertiary/aromatic N) is 2. The molecular formula is C14H13N3S. The average Bonchev–Trinajstić information content (AvgIpc) is 3.10. The predicted molar refractivity (Wildman–Crippen MR) is 75.2 cm³/mol. The van der Waals surface area contributed by atoms with Gasteiger partial charge in [-0.15, -0.1) is 0 Å². The lowest BCUT2D eigenvalue weighted by Crippen LogP contribution is -1.99. The van der Waals surface area contributed by atoms with E-state index in [1.165, 1.54) is 5.56 Å². The van der Waals surface area contributed by atoms with Crippen LogP contribution in [0.15, 0.2) is 59.6 Å². The minimum atomic E-state index is 0.866. The highest BCUT2D eigenvalue weighted by molar-refractivity contribution is 7.07. The third kappa shape index (κ3) is 2.43. The molecule has 0 saturated heterocycles. The highest BCUT2D eigenvalue weighted by Crippen LogP contribution is 2.14. The van der Waals surface area contributed by atoms with E-state index in [9.17, 15) is 0 Å². The first-order valence-electron chi connectivity index (χ1n) is 5.77. The summed E-state index contributed by atoms with van der Waals surface area (Å²) < 4.78 is 1.85. The van der Waals surface area contributed by atoms with Crippen LogP contribution in [0.3, 0.4) is 0 Å². The van der Waals surface area contributed by atoms with E-state index in [0.29, 0.717) is 0 Å². The van der Waals surface area contributed by atoms with Crippen LogP contribution >= 0.6 is 11.3 Å². The molecule has 0 radical (unpaired) electrons. The molecule has 0 fully saturated rings. The Morgan fingerprint density at radius 1 is 1.17 bits per heavy atom. The van der Waals surface area contributed by atoms with Gasteiger partial charge in [-0.3, -0.25) is 0 Å². The van der Waals surface area contributed by atoms with Gasteiger partial charge >= 0.3 is 0 Å². The molecule has 3 rings (SSSR count). The van der Waals surface area contributed by atoms with Crippen molar-refractivity contribution in [1.82, 2.24) is 9.78 Å². The third-order valence-corrected chi connectivity index (χ3v) is 3.45. The lowest BCUT2D eigenvalue weighted by atomic mass is 10.2. The Balaban J connectivity index is 1.68. The maximum Gasteiger partial charge on any atom is 0.0647 e. The van der Waals surface area contributed by atoms with Gasteiger partial charge in [-0.2, -0.15) is 16.4 Å². The van der Waals surface area contributed by atoms with Crippen molar-refractivity contribution >= 4 is 17.0 Å². The van der Waals surface area contributed by atoms with Gasteiger partial charge in [-0.1, -0.05) is 0 Å². The Hall–Kier alpha value is -2.07. The molecule has 0 aliphatic rings. The number of aromatic nitrogens is 2. The Morgan fingerprint density at radius 3 is 2.72 bits per heavy atom. The zero-order chi connectivity index (χ0) is 12.2. The van der Waals surface area contributed by atoms with Crippen LogP contribution in [-0.2, 0) is 6.54 Å². The summed E-state index contributed by atoms with van der Waals surface area (Å²) in [5.41, 5.74) is 3.51. The van der Waals surface area contributed by atoms with Crippen LogP contribution in [0.4, 0.5) is 5.69 Å². The molecule has 1 N–H and O–H groups in total. The van der Waals surface area contributed by atoms with Crippen molar-refractivity contribution in [3.8, 4) is 5.69 Å². The van der Waals surface area contributed by atoms with Gasteiger partial charge in [0.25, 0.3) is 0 Å². The summed E-state index contributed by atoms with van der Waals surface area (Å²) in [6, 6.07) is 12.3. The molecule has 18 heavy (non-hydrogen) atoms. The van der Waals surface area contributed by atoms with E-state index in [1.54, 1.807) is 17.5 Å². The number of anilines is 1. The zero-order valence-electron chi connectivity index (χ0n) is 9.78. The lowest BCUT2D eigenvalue weighted by molar-refractivity contribution is 0.880. The summed E-state index contributed by atoms with van der Waals surface area (Å²) in [5.74, 6) is 0. The molecule has 90 valence electrons. The van der Waals surface area contributed by atoms with Gasteiger partial charge in [0.1, 0.15) is 0 Å². The first-order chi connectivity index (χ1) is 8.92. The maximum absolute atomic E-state index is 4.20. The number of nitrogens with one attached hydrogen (secondary N) is 1. The van der Waals surface area contributed by atoms with E-state index in [1.807, 2.05) is 16.9 Å². The van der Waals surface area contributed by atoms with Crippen LogP contribution in [-0.4, -0.2) is 9.78 Å². The molecule has 0 amide bonds. The van der Waals surface area contributed by atoms with Crippen LogP contribution in [0.25, 0.3) is 5.69 Å². The highest BCUT2D eigenvalue weighted by Gasteiger charge is 1.97. The molecule has 3 aromatic rings. The number of benzene rings is 1. The SMILES string of the molecule is c1cnn(-c2ccc(NCc3ccsc3)cc2)c1. The smallest absolute Gasteiger partial charge is 0.0647 e. The fourth-order valence-corrected chi connectivity index (χ4v) is 2.42. The number of rotatable bonds is 4. The first-order valence-corrected chi connectivity index (χ1v) is 6.71. The van der Waals surface area contributed by atoms with Crippen molar-refractivity contribution in [1.29, 1.82) is 0 Å². The minimum absolute atomic E-state index is 0.866. The Kier molecular flexibility index (Phi) is 3.10. The van der Waals surface area contributed by atoms with E-state index in [4.69, 9.17) is 0 Å². The maximum atomic E-state index is 4.20.